The second kappa shape index (κ2) is 31.8. The lowest BCUT2D eigenvalue weighted by Crippen LogP contribution is -3.07. The van der Waals surface area contributed by atoms with Gasteiger partial charge in [-0.2, -0.15) is 0 Å². The Hall–Kier alpha value is -1.63. The number of ether oxygens (including phenoxy) is 2. The van der Waals surface area contributed by atoms with Crippen molar-refractivity contribution in [1.29, 1.82) is 0 Å². The summed E-state index contributed by atoms with van der Waals surface area (Å²) in [6.07, 6.45) is 28.3. The predicted octanol–water partition coefficient (Wildman–Crippen LogP) is 7.45. The van der Waals surface area contributed by atoms with Gasteiger partial charge in [0, 0.05) is 12.8 Å². The molecule has 0 aliphatic rings. The minimum absolute atomic E-state index is 0.0252. The molecule has 0 aliphatic heterocycles. The maximum atomic E-state index is 12.7. The zero-order chi connectivity index (χ0) is 31.8. The molecule has 7 heteroatoms. The average Bonchev–Trinajstić information content (AvgIpc) is 2.97. The Morgan fingerprint density at radius 2 is 0.791 bits per heavy atom. The van der Waals surface area contributed by atoms with E-state index in [0.29, 0.717) is 32.5 Å². The third-order valence-corrected chi connectivity index (χ3v) is 8.07. The number of hydrogen-bond donors (Lipinski definition) is 1. The number of carbonyl (C=O) groups is 3. The van der Waals surface area contributed by atoms with E-state index >= 15 is 0 Å². The molecule has 0 aromatic heterocycles. The lowest BCUT2D eigenvalue weighted by Gasteiger charge is -2.23. The molecule has 7 nitrogen and oxygen atoms in total. The van der Waals surface area contributed by atoms with Crippen molar-refractivity contribution in [3.63, 3.8) is 0 Å². The van der Waals surface area contributed by atoms with Crippen LogP contribution in [0, 0.1) is 0 Å². The molecule has 0 aromatic rings. The zero-order valence-corrected chi connectivity index (χ0v) is 29.0. The van der Waals surface area contributed by atoms with Gasteiger partial charge < -0.3 is 19.3 Å². The molecule has 0 radical (unpaired) electrons. The van der Waals surface area contributed by atoms with E-state index in [1.54, 1.807) is 4.90 Å². The largest absolute Gasteiger partial charge is 0.464 e. The van der Waals surface area contributed by atoms with Crippen LogP contribution in [0.3, 0.4) is 0 Å². The Bertz CT molecular complexity index is 612. The van der Waals surface area contributed by atoms with E-state index in [4.69, 9.17) is 9.47 Å². The smallest absolute Gasteiger partial charge is 0.305 e. The van der Waals surface area contributed by atoms with Crippen LogP contribution in [0.25, 0.3) is 0 Å². The van der Waals surface area contributed by atoms with Crippen molar-refractivity contribution >= 4 is 17.8 Å². The number of amides is 1. The highest BCUT2D eigenvalue weighted by Crippen LogP contribution is 2.13. The van der Waals surface area contributed by atoms with Crippen LogP contribution >= 0.6 is 0 Å². The van der Waals surface area contributed by atoms with Gasteiger partial charge in [-0.1, -0.05) is 142 Å². The number of likely N-dealkylation sites (N-methyl/N-ethyl adjacent to an activating group) is 1. The molecule has 0 atom stereocenters. The first-order valence-electron chi connectivity index (χ1n) is 18.3. The highest BCUT2D eigenvalue weighted by molar-refractivity contribution is 5.77. The summed E-state index contributed by atoms with van der Waals surface area (Å²) in [6.45, 7) is 5.86. The molecular formula is C36H71N2O5+. The summed E-state index contributed by atoms with van der Waals surface area (Å²) < 4.78 is 10.8. The topological polar surface area (TPSA) is 77.3 Å². The number of nitrogens with zero attached hydrogens (tertiary/aromatic N) is 1. The Labute approximate surface area is 266 Å². The normalized spacial score (nSPS) is 11.2. The second-order valence-corrected chi connectivity index (χ2v) is 12.8. The fourth-order valence-corrected chi connectivity index (χ4v) is 5.33. The lowest BCUT2D eigenvalue weighted by atomic mass is 10.1. The van der Waals surface area contributed by atoms with E-state index in [2.05, 4.69) is 13.8 Å². The van der Waals surface area contributed by atoms with Crippen molar-refractivity contribution in [2.45, 2.75) is 168 Å². The van der Waals surface area contributed by atoms with Crippen LogP contribution in [0.1, 0.15) is 168 Å². The summed E-state index contributed by atoms with van der Waals surface area (Å²) in [5, 5.41) is 0. The molecule has 1 N–H and O–H groups in total. The first kappa shape index (κ1) is 41.4. The number of unbranched alkanes of at least 4 members (excludes halogenated alkanes) is 20. The van der Waals surface area contributed by atoms with Crippen LogP contribution in [-0.2, 0) is 23.9 Å². The van der Waals surface area contributed by atoms with Crippen LogP contribution in [0.4, 0.5) is 0 Å². The summed E-state index contributed by atoms with van der Waals surface area (Å²) in [7, 11) is 3.86. The van der Waals surface area contributed by atoms with Gasteiger partial charge in [0.05, 0.1) is 27.2 Å². The molecule has 0 heterocycles. The highest BCUT2D eigenvalue weighted by atomic mass is 16.5. The van der Waals surface area contributed by atoms with Crippen LogP contribution in [-0.4, -0.2) is 69.7 Å². The van der Waals surface area contributed by atoms with Crippen LogP contribution < -0.4 is 4.90 Å². The molecule has 0 spiro atoms. The molecule has 0 aromatic carbocycles. The Morgan fingerprint density at radius 1 is 0.488 bits per heavy atom. The quantitative estimate of drug-likeness (QED) is 0.0632. The van der Waals surface area contributed by atoms with Crippen molar-refractivity contribution in [2.24, 2.45) is 0 Å². The van der Waals surface area contributed by atoms with E-state index in [9.17, 15) is 14.4 Å². The average molecular weight is 612 g/mol. The predicted molar refractivity (Wildman–Crippen MR) is 178 cm³/mol. The summed E-state index contributed by atoms with van der Waals surface area (Å²) in [5.74, 6) is -0.414. The van der Waals surface area contributed by atoms with Gasteiger partial charge in [-0.3, -0.25) is 14.4 Å². The summed E-state index contributed by atoms with van der Waals surface area (Å²) in [6, 6.07) is 0. The molecular weight excluding hydrogens is 540 g/mol. The molecule has 0 bridgehead atoms. The van der Waals surface area contributed by atoms with Crippen molar-refractivity contribution in [3.8, 4) is 0 Å². The number of rotatable bonds is 32. The molecule has 0 aliphatic carbocycles. The number of hydrogen-bond acceptors (Lipinski definition) is 5. The minimum Gasteiger partial charge on any atom is -0.464 e. The first-order valence-corrected chi connectivity index (χ1v) is 18.3. The SMILES string of the molecule is CCCCCCCCCCCCCC(=O)OCCN(CCOC(=O)CCCCCCCCCCCCC)C(=O)C[NH+](C)C. The monoisotopic (exact) mass is 612 g/mol. The third-order valence-electron chi connectivity index (χ3n) is 8.07. The molecule has 0 rings (SSSR count). The molecule has 254 valence electrons. The fourth-order valence-electron chi connectivity index (χ4n) is 5.33. The van der Waals surface area contributed by atoms with Gasteiger partial charge in [0.15, 0.2) is 6.54 Å². The fraction of sp³-hybridized carbons (Fsp3) is 0.917. The van der Waals surface area contributed by atoms with E-state index in [0.717, 1.165) is 30.6 Å². The van der Waals surface area contributed by atoms with E-state index in [1.807, 2.05) is 14.1 Å². The van der Waals surface area contributed by atoms with Gasteiger partial charge in [0.1, 0.15) is 13.2 Å². The van der Waals surface area contributed by atoms with Crippen molar-refractivity contribution in [3.05, 3.63) is 0 Å². The van der Waals surface area contributed by atoms with Gasteiger partial charge in [0.2, 0.25) is 0 Å². The summed E-state index contributed by atoms with van der Waals surface area (Å²) in [5.41, 5.74) is 0. The second-order valence-electron chi connectivity index (χ2n) is 12.8. The highest BCUT2D eigenvalue weighted by Gasteiger charge is 2.17. The summed E-state index contributed by atoms with van der Waals surface area (Å²) >= 11 is 0. The maximum absolute atomic E-state index is 12.7. The molecule has 0 saturated heterocycles. The minimum atomic E-state index is -0.194. The van der Waals surface area contributed by atoms with Crippen molar-refractivity contribution in [1.82, 2.24) is 4.90 Å². The molecule has 0 fully saturated rings. The number of quaternary nitrogens is 1. The van der Waals surface area contributed by atoms with Crippen molar-refractivity contribution < 1.29 is 28.8 Å². The van der Waals surface area contributed by atoms with Crippen LogP contribution in [0.5, 0.6) is 0 Å². The van der Waals surface area contributed by atoms with Gasteiger partial charge in [-0.05, 0) is 12.8 Å². The van der Waals surface area contributed by atoms with Crippen molar-refractivity contribution in [2.75, 3.05) is 46.9 Å². The van der Waals surface area contributed by atoms with Crippen LogP contribution in [0.2, 0.25) is 0 Å². The Morgan fingerprint density at radius 3 is 1.09 bits per heavy atom. The molecule has 43 heavy (non-hydrogen) atoms. The zero-order valence-electron chi connectivity index (χ0n) is 29.0. The van der Waals surface area contributed by atoms with E-state index in [-0.39, 0.29) is 31.1 Å². The summed E-state index contributed by atoms with van der Waals surface area (Å²) in [4.78, 5) is 39.7. The molecule has 1 amide bonds. The number of nitrogens with one attached hydrogen (secondary N) is 1. The lowest BCUT2D eigenvalue weighted by molar-refractivity contribution is -0.849. The third kappa shape index (κ3) is 30.2. The number of carbonyl (C=O) groups excluding carboxylic acids is 3. The maximum Gasteiger partial charge on any atom is 0.305 e. The van der Waals surface area contributed by atoms with Crippen LogP contribution in [0.15, 0.2) is 0 Å². The van der Waals surface area contributed by atoms with E-state index in [1.165, 1.54) is 116 Å². The Kier molecular flexibility index (Phi) is 30.6. The Balaban J connectivity index is 3.96. The van der Waals surface area contributed by atoms with Gasteiger partial charge in [-0.25, -0.2) is 0 Å². The number of esters is 2. The van der Waals surface area contributed by atoms with Gasteiger partial charge >= 0.3 is 11.9 Å². The molecule has 0 saturated carbocycles. The van der Waals surface area contributed by atoms with Gasteiger partial charge in [-0.15, -0.1) is 0 Å². The standard InChI is InChI=1S/C36H70N2O5/c1-5-7-9-11-13-15-17-19-21-23-25-27-35(40)42-31-29-38(34(39)33-37(3)4)30-32-43-36(41)28-26-24-22-20-18-16-14-12-10-8-6-2/h5-33H2,1-4H3/p+1. The van der Waals surface area contributed by atoms with Gasteiger partial charge in [0.25, 0.3) is 5.91 Å². The molecule has 0 unspecified atom stereocenters. The first-order chi connectivity index (χ1) is 20.9. The van der Waals surface area contributed by atoms with E-state index < -0.39 is 0 Å².